The van der Waals surface area contributed by atoms with Gasteiger partial charge in [-0.2, -0.15) is 5.10 Å². The zero-order valence-corrected chi connectivity index (χ0v) is 14.5. The Morgan fingerprint density at radius 1 is 1.36 bits per heavy atom. The van der Waals surface area contributed by atoms with Crippen LogP contribution in [0.2, 0.25) is 0 Å². The fourth-order valence-electron chi connectivity index (χ4n) is 3.22. The molecule has 0 saturated heterocycles. The second-order valence-corrected chi connectivity index (χ2v) is 6.64. The second kappa shape index (κ2) is 8.11. The number of carbonyl (C=O) groups is 1. The Balaban J connectivity index is 1.47. The van der Waals surface area contributed by atoms with E-state index in [1.54, 1.807) is 30.4 Å². The molecule has 2 N–H and O–H groups in total. The minimum absolute atomic E-state index is 0.175. The van der Waals surface area contributed by atoms with Crippen molar-refractivity contribution in [3.8, 4) is 0 Å². The van der Waals surface area contributed by atoms with Gasteiger partial charge in [0.15, 0.2) is 5.82 Å². The molecule has 1 fully saturated rings. The number of carbonyl (C=O) groups excluding carboxylic acids is 1. The number of urea groups is 1. The minimum atomic E-state index is -0.289. The van der Waals surface area contributed by atoms with Crippen LogP contribution in [0.1, 0.15) is 24.8 Å². The summed E-state index contributed by atoms with van der Waals surface area (Å²) in [6, 6.07) is 5.57. The first-order valence-corrected chi connectivity index (χ1v) is 8.74. The van der Waals surface area contributed by atoms with Crippen molar-refractivity contribution in [3.05, 3.63) is 42.4 Å². The number of rotatable bonds is 6. The average Bonchev–Trinajstić information content (AvgIpc) is 3.23. The van der Waals surface area contributed by atoms with Gasteiger partial charge in [0, 0.05) is 50.7 Å². The highest BCUT2D eigenvalue weighted by Crippen LogP contribution is 2.26. The lowest BCUT2D eigenvalue weighted by Crippen LogP contribution is -2.37. The van der Waals surface area contributed by atoms with E-state index in [1.165, 1.54) is 5.56 Å². The maximum Gasteiger partial charge on any atom is 0.322 e. The molecule has 2 amide bonds. The summed E-state index contributed by atoms with van der Waals surface area (Å²) < 4.78 is 1.82. The van der Waals surface area contributed by atoms with E-state index in [2.05, 4.69) is 15.4 Å². The van der Waals surface area contributed by atoms with Gasteiger partial charge in [0.25, 0.3) is 0 Å². The van der Waals surface area contributed by atoms with Gasteiger partial charge < -0.3 is 10.0 Å². The van der Waals surface area contributed by atoms with E-state index in [0.717, 1.165) is 32.2 Å². The molecule has 1 saturated carbocycles. The lowest BCUT2D eigenvalue weighted by molar-refractivity contribution is 0.116. The van der Waals surface area contributed by atoms with Crippen LogP contribution in [-0.2, 0) is 13.0 Å². The Morgan fingerprint density at radius 2 is 2.16 bits per heavy atom. The monoisotopic (exact) mass is 343 g/mol. The molecule has 134 valence electrons. The Hall–Kier alpha value is -2.41. The summed E-state index contributed by atoms with van der Waals surface area (Å²) in [6.45, 7) is 1.31. The number of pyridine rings is 1. The highest BCUT2D eigenvalue weighted by atomic mass is 16.3. The molecular weight excluding hydrogens is 318 g/mol. The Bertz CT molecular complexity index is 688. The van der Waals surface area contributed by atoms with E-state index in [4.69, 9.17) is 0 Å². The lowest BCUT2D eigenvalue weighted by atomic mass is 10.1. The smallest absolute Gasteiger partial charge is 0.322 e. The molecule has 25 heavy (non-hydrogen) atoms. The van der Waals surface area contributed by atoms with Gasteiger partial charge in [-0.05, 0) is 37.0 Å². The standard InChI is InChI=1S/C18H25N5O2/c1-22(13-15-3-2-4-16(15)24)18(25)20-17-8-12-23(21-17)11-7-14-5-9-19-10-6-14/h5-6,8-10,12,15-16,24H,2-4,7,11,13H2,1H3,(H,20,21,25). The summed E-state index contributed by atoms with van der Waals surface area (Å²) in [5.41, 5.74) is 1.20. The molecule has 2 aromatic rings. The average molecular weight is 343 g/mol. The number of nitrogens with zero attached hydrogens (tertiary/aromatic N) is 4. The highest BCUT2D eigenvalue weighted by molar-refractivity contribution is 5.88. The topological polar surface area (TPSA) is 83.3 Å². The fraction of sp³-hybridized carbons (Fsp3) is 0.500. The zero-order valence-electron chi connectivity index (χ0n) is 14.5. The molecule has 2 atom stereocenters. The fourth-order valence-corrected chi connectivity index (χ4v) is 3.22. The predicted molar refractivity (Wildman–Crippen MR) is 95.2 cm³/mol. The van der Waals surface area contributed by atoms with Gasteiger partial charge in [-0.3, -0.25) is 15.0 Å². The summed E-state index contributed by atoms with van der Waals surface area (Å²) in [5, 5.41) is 17.1. The minimum Gasteiger partial charge on any atom is -0.393 e. The van der Waals surface area contributed by atoms with Crippen molar-refractivity contribution >= 4 is 11.8 Å². The van der Waals surface area contributed by atoms with Gasteiger partial charge in [-0.15, -0.1) is 0 Å². The lowest BCUT2D eigenvalue weighted by Gasteiger charge is -2.23. The summed E-state index contributed by atoms with van der Waals surface area (Å²) >= 11 is 0. The molecule has 0 radical (unpaired) electrons. The number of aromatic nitrogens is 3. The summed E-state index contributed by atoms with van der Waals surface area (Å²) in [4.78, 5) is 17.9. The number of hydrogen-bond acceptors (Lipinski definition) is 4. The third-order valence-corrected chi connectivity index (χ3v) is 4.73. The summed E-state index contributed by atoms with van der Waals surface area (Å²) in [7, 11) is 1.75. The van der Waals surface area contributed by atoms with Crippen molar-refractivity contribution in [1.82, 2.24) is 19.7 Å². The maximum absolute atomic E-state index is 12.3. The van der Waals surface area contributed by atoms with E-state index in [-0.39, 0.29) is 18.1 Å². The number of amides is 2. The molecule has 7 nitrogen and oxygen atoms in total. The molecule has 0 aromatic carbocycles. The Labute approximate surface area is 147 Å². The van der Waals surface area contributed by atoms with Crippen molar-refractivity contribution in [2.75, 3.05) is 18.9 Å². The third-order valence-electron chi connectivity index (χ3n) is 4.73. The van der Waals surface area contributed by atoms with Gasteiger partial charge in [-0.1, -0.05) is 6.42 Å². The number of hydrogen-bond donors (Lipinski definition) is 2. The van der Waals surface area contributed by atoms with Crippen molar-refractivity contribution in [2.24, 2.45) is 5.92 Å². The van der Waals surface area contributed by atoms with Gasteiger partial charge in [0.05, 0.1) is 6.10 Å². The van der Waals surface area contributed by atoms with Crippen LogP contribution in [0.25, 0.3) is 0 Å². The van der Waals surface area contributed by atoms with Crippen LogP contribution in [0.3, 0.4) is 0 Å². The molecule has 2 unspecified atom stereocenters. The number of anilines is 1. The maximum atomic E-state index is 12.3. The number of aryl methyl sites for hydroxylation is 2. The third kappa shape index (κ3) is 4.79. The van der Waals surface area contributed by atoms with Crippen molar-refractivity contribution < 1.29 is 9.90 Å². The number of aliphatic hydroxyl groups is 1. The van der Waals surface area contributed by atoms with Crippen LogP contribution in [0.15, 0.2) is 36.8 Å². The second-order valence-electron chi connectivity index (χ2n) is 6.64. The first-order valence-electron chi connectivity index (χ1n) is 8.74. The van der Waals surface area contributed by atoms with Crippen molar-refractivity contribution in [2.45, 2.75) is 38.3 Å². The van der Waals surface area contributed by atoms with E-state index in [9.17, 15) is 9.90 Å². The molecule has 1 aliphatic carbocycles. The largest absolute Gasteiger partial charge is 0.393 e. The van der Waals surface area contributed by atoms with Gasteiger partial charge in [-0.25, -0.2) is 4.79 Å². The normalized spacial score (nSPS) is 19.8. The van der Waals surface area contributed by atoms with Crippen molar-refractivity contribution in [1.29, 1.82) is 0 Å². The van der Waals surface area contributed by atoms with Gasteiger partial charge in [0.2, 0.25) is 0 Å². The Morgan fingerprint density at radius 3 is 2.88 bits per heavy atom. The van der Waals surface area contributed by atoms with Crippen LogP contribution in [0.4, 0.5) is 10.6 Å². The summed E-state index contributed by atoms with van der Waals surface area (Å²) in [6.07, 6.45) is 8.83. The summed E-state index contributed by atoms with van der Waals surface area (Å²) in [5.74, 6) is 0.715. The number of aliphatic hydroxyl groups excluding tert-OH is 1. The van der Waals surface area contributed by atoms with E-state index < -0.39 is 0 Å². The van der Waals surface area contributed by atoms with Gasteiger partial charge >= 0.3 is 6.03 Å². The van der Waals surface area contributed by atoms with Crippen LogP contribution in [0, 0.1) is 5.92 Å². The molecule has 1 aliphatic rings. The zero-order chi connectivity index (χ0) is 17.6. The molecule has 0 spiro atoms. The molecule has 7 heteroatoms. The van der Waals surface area contributed by atoms with Crippen LogP contribution in [-0.4, -0.2) is 50.5 Å². The van der Waals surface area contributed by atoms with Crippen LogP contribution < -0.4 is 5.32 Å². The first kappa shape index (κ1) is 17.4. The van der Waals surface area contributed by atoms with E-state index in [0.29, 0.717) is 12.4 Å². The van der Waals surface area contributed by atoms with Gasteiger partial charge in [0.1, 0.15) is 0 Å². The Kier molecular flexibility index (Phi) is 5.65. The molecule has 0 bridgehead atoms. The predicted octanol–water partition coefficient (Wildman–Crippen LogP) is 2.15. The molecular formula is C18H25N5O2. The molecule has 2 heterocycles. The van der Waals surface area contributed by atoms with E-state index >= 15 is 0 Å². The van der Waals surface area contributed by atoms with Crippen molar-refractivity contribution in [3.63, 3.8) is 0 Å². The number of nitrogens with one attached hydrogen (secondary N) is 1. The SMILES string of the molecule is CN(CC1CCCC1O)C(=O)Nc1ccn(CCc2ccncc2)n1. The highest BCUT2D eigenvalue weighted by Gasteiger charge is 2.27. The molecule has 2 aromatic heterocycles. The van der Waals surface area contributed by atoms with E-state index in [1.807, 2.05) is 23.0 Å². The quantitative estimate of drug-likeness (QED) is 0.842. The first-order chi connectivity index (χ1) is 12.1. The molecule has 3 rings (SSSR count). The van der Waals surface area contributed by atoms with Crippen LogP contribution in [0.5, 0.6) is 0 Å². The van der Waals surface area contributed by atoms with Crippen LogP contribution >= 0.6 is 0 Å². The molecule has 0 aliphatic heterocycles.